The summed E-state index contributed by atoms with van der Waals surface area (Å²) >= 11 is 5.00. The monoisotopic (exact) mass is 283 g/mol. The third kappa shape index (κ3) is 4.47. The van der Waals surface area contributed by atoms with E-state index in [0.29, 0.717) is 0 Å². The molecule has 0 aliphatic rings. The van der Waals surface area contributed by atoms with E-state index in [1.54, 1.807) is 0 Å². The predicted molar refractivity (Wildman–Crippen MR) is 62.2 cm³/mol. The van der Waals surface area contributed by atoms with Crippen LogP contribution < -0.4 is 5.73 Å². The summed E-state index contributed by atoms with van der Waals surface area (Å²) in [5.41, 5.74) is 1.30. The maximum Gasteiger partial charge on any atom is 0.446 e. The summed E-state index contributed by atoms with van der Waals surface area (Å²) in [4.78, 5) is 11.0. The van der Waals surface area contributed by atoms with Crippen molar-refractivity contribution in [2.45, 2.75) is 16.8 Å². The Kier molecular flexibility index (Phi) is 4.70. The van der Waals surface area contributed by atoms with Crippen molar-refractivity contribution in [3.8, 4) is 0 Å². The highest BCUT2D eigenvalue weighted by Crippen LogP contribution is 2.41. The Morgan fingerprint density at radius 1 is 1.41 bits per heavy atom. The molecule has 0 aliphatic heterocycles. The van der Waals surface area contributed by atoms with Gasteiger partial charge in [-0.05, 0) is 23.4 Å². The van der Waals surface area contributed by atoms with Gasteiger partial charge in [0.2, 0.25) is 0 Å². The summed E-state index contributed by atoms with van der Waals surface area (Å²) in [7, 11) is 0. The molecular formula is C10H9ClF3NOS. The van der Waals surface area contributed by atoms with Gasteiger partial charge in [-0.25, -0.2) is 0 Å². The lowest BCUT2D eigenvalue weighted by atomic mass is 10.1. The highest BCUT2D eigenvalue weighted by Gasteiger charge is 2.31. The van der Waals surface area contributed by atoms with Gasteiger partial charge >= 0.3 is 5.51 Å². The lowest BCUT2D eigenvalue weighted by molar-refractivity contribution is -0.116. The van der Waals surface area contributed by atoms with Crippen molar-refractivity contribution in [3.05, 3.63) is 23.8 Å². The Morgan fingerprint density at radius 2 is 2.06 bits per heavy atom. The standard InChI is InChI=1S/C10H9ClF3NOS/c11-5-7(16)4-6-2-1-3-8(15)9(6)17-10(12,13)14/h1-3H,4-5,15H2. The minimum Gasteiger partial charge on any atom is -0.398 e. The number of anilines is 1. The molecule has 17 heavy (non-hydrogen) atoms. The molecule has 0 saturated heterocycles. The number of halogens is 4. The minimum absolute atomic E-state index is 0.00666. The van der Waals surface area contributed by atoms with Crippen LogP contribution in [0.15, 0.2) is 23.1 Å². The molecule has 94 valence electrons. The van der Waals surface area contributed by atoms with E-state index < -0.39 is 5.51 Å². The number of alkyl halides is 4. The first kappa shape index (κ1) is 14.2. The fraction of sp³-hybridized carbons (Fsp3) is 0.300. The van der Waals surface area contributed by atoms with Crippen molar-refractivity contribution >= 4 is 34.8 Å². The molecule has 0 aliphatic carbocycles. The number of hydrogen-bond acceptors (Lipinski definition) is 3. The lowest BCUT2D eigenvalue weighted by Crippen LogP contribution is -2.08. The van der Waals surface area contributed by atoms with Crippen LogP contribution in [0.1, 0.15) is 5.56 Å². The average Bonchev–Trinajstić information content (AvgIpc) is 2.21. The largest absolute Gasteiger partial charge is 0.446 e. The number of rotatable bonds is 4. The fourth-order valence-corrected chi connectivity index (χ4v) is 2.03. The SMILES string of the molecule is Nc1cccc(CC(=O)CCl)c1SC(F)(F)F. The normalized spacial score (nSPS) is 11.5. The molecule has 1 aromatic carbocycles. The van der Waals surface area contributed by atoms with Gasteiger partial charge in [0.05, 0.1) is 5.88 Å². The van der Waals surface area contributed by atoms with Crippen LogP contribution in [0.3, 0.4) is 0 Å². The van der Waals surface area contributed by atoms with Gasteiger partial charge in [0.1, 0.15) is 0 Å². The van der Waals surface area contributed by atoms with E-state index in [-0.39, 0.29) is 46.0 Å². The van der Waals surface area contributed by atoms with Gasteiger partial charge in [0.15, 0.2) is 5.78 Å². The van der Waals surface area contributed by atoms with E-state index in [1.807, 2.05) is 0 Å². The van der Waals surface area contributed by atoms with Crippen LogP contribution in [0.4, 0.5) is 18.9 Å². The first-order chi connectivity index (χ1) is 7.83. The maximum atomic E-state index is 12.3. The van der Waals surface area contributed by atoms with Crippen molar-refractivity contribution in [3.63, 3.8) is 0 Å². The number of ketones is 1. The molecule has 2 nitrogen and oxygen atoms in total. The van der Waals surface area contributed by atoms with Gasteiger partial charge < -0.3 is 5.73 Å². The molecule has 2 N–H and O–H groups in total. The number of carbonyl (C=O) groups is 1. The van der Waals surface area contributed by atoms with E-state index in [0.717, 1.165) is 0 Å². The molecule has 0 unspecified atom stereocenters. The molecule has 7 heteroatoms. The van der Waals surface area contributed by atoms with Gasteiger partial charge in [-0.2, -0.15) is 13.2 Å². The van der Waals surface area contributed by atoms with Gasteiger partial charge in [0, 0.05) is 17.0 Å². The van der Waals surface area contributed by atoms with Gasteiger partial charge in [-0.3, -0.25) is 4.79 Å². The van der Waals surface area contributed by atoms with E-state index in [2.05, 4.69) is 0 Å². The molecule has 0 amide bonds. The Balaban J connectivity index is 3.04. The maximum absolute atomic E-state index is 12.3. The number of thioether (sulfide) groups is 1. The van der Waals surface area contributed by atoms with Crippen LogP contribution >= 0.6 is 23.4 Å². The second-order valence-electron chi connectivity index (χ2n) is 3.23. The fourth-order valence-electron chi connectivity index (χ4n) is 1.24. The number of benzene rings is 1. The Bertz CT molecular complexity index is 423. The quantitative estimate of drug-likeness (QED) is 0.524. The molecule has 0 fully saturated rings. The van der Waals surface area contributed by atoms with E-state index in [4.69, 9.17) is 17.3 Å². The van der Waals surface area contributed by atoms with Crippen molar-refractivity contribution < 1.29 is 18.0 Å². The number of nitrogen functional groups attached to an aromatic ring is 1. The van der Waals surface area contributed by atoms with Crippen LogP contribution in [-0.4, -0.2) is 17.2 Å². The predicted octanol–water partition coefficient (Wildman–Crippen LogP) is 3.23. The van der Waals surface area contributed by atoms with E-state index in [9.17, 15) is 18.0 Å². The second kappa shape index (κ2) is 5.64. The van der Waals surface area contributed by atoms with Crippen molar-refractivity contribution in [2.75, 3.05) is 11.6 Å². The third-order valence-corrected chi connectivity index (χ3v) is 3.11. The Morgan fingerprint density at radius 3 is 2.59 bits per heavy atom. The van der Waals surface area contributed by atoms with Crippen molar-refractivity contribution in [1.29, 1.82) is 0 Å². The molecule has 1 aromatic rings. The molecule has 0 heterocycles. The zero-order valence-corrected chi connectivity index (χ0v) is 10.1. The topological polar surface area (TPSA) is 43.1 Å². The van der Waals surface area contributed by atoms with Crippen molar-refractivity contribution in [2.24, 2.45) is 0 Å². The van der Waals surface area contributed by atoms with Crippen molar-refractivity contribution in [1.82, 2.24) is 0 Å². The highest BCUT2D eigenvalue weighted by molar-refractivity contribution is 8.00. The highest BCUT2D eigenvalue weighted by atomic mass is 35.5. The summed E-state index contributed by atoms with van der Waals surface area (Å²) in [6.45, 7) is 0. The first-order valence-corrected chi connectivity index (χ1v) is 5.89. The molecule has 0 radical (unpaired) electrons. The van der Waals surface area contributed by atoms with E-state index in [1.165, 1.54) is 18.2 Å². The van der Waals surface area contributed by atoms with E-state index >= 15 is 0 Å². The Hall–Kier alpha value is -0.880. The van der Waals surface area contributed by atoms with Crippen LogP contribution in [0.25, 0.3) is 0 Å². The molecule has 0 aromatic heterocycles. The van der Waals surface area contributed by atoms with Crippen LogP contribution in [0.5, 0.6) is 0 Å². The van der Waals surface area contributed by atoms with Gasteiger partial charge in [-0.1, -0.05) is 12.1 Å². The summed E-state index contributed by atoms with van der Waals surface area (Å²) in [5.74, 6) is -0.577. The zero-order valence-electron chi connectivity index (χ0n) is 8.55. The molecular weight excluding hydrogens is 275 g/mol. The second-order valence-corrected chi connectivity index (χ2v) is 4.57. The minimum atomic E-state index is -4.44. The van der Waals surface area contributed by atoms with Crippen LogP contribution in [-0.2, 0) is 11.2 Å². The van der Waals surface area contributed by atoms with Crippen LogP contribution in [0.2, 0.25) is 0 Å². The summed E-state index contributed by atoms with van der Waals surface area (Å²) in [6.07, 6.45) is -0.146. The summed E-state index contributed by atoms with van der Waals surface area (Å²) in [5, 5.41) is 0. The molecule has 0 saturated carbocycles. The smallest absolute Gasteiger partial charge is 0.398 e. The third-order valence-electron chi connectivity index (χ3n) is 1.88. The molecule has 0 spiro atoms. The average molecular weight is 284 g/mol. The van der Waals surface area contributed by atoms with Gasteiger partial charge in [0.25, 0.3) is 0 Å². The zero-order chi connectivity index (χ0) is 13.1. The van der Waals surface area contributed by atoms with Gasteiger partial charge in [-0.15, -0.1) is 11.6 Å². The first-order valence-electron chi connectivity index (χ1n) is 4.54. The molecule has 0 atom stereocenters. The molecule has 0 bridgehead atoms. The number of Topliss-reactive ketones (excluding diaryl/α,β-unsaturated/α-hetero) is 1. The number of hydrogen-bond donors (Lipinski definition) is 1. The number of carbonyl (C=O) groups excluding carboxylic acids is 1. The van der Waals surface area contributed by atoms with Crippen LogP contribution in [0, 0.1) is 0 Å². The summed E-state index contributed by atoms with van der Waals surface area (Å²) < 4.78 is 37.0. The molecule has 1 rings (SSSR count). The Labute approximate surface area is 105 Å². The summed E-state index contributed by atoms with van der Waals surface area (Å²) in [6, 6.07) is 4.31. The lowest BCUT2D eigenvalue weighted by Gasteiger charge is -2.12. The number of nitrogens with two attached hydrogens (primary N) is 1.